The van der Waals surface area contributed by atoms with Crippen molar-refractivity contribution in [3.8, 4) is 0 Å². The van der Waals surface area contributed by atoms with Crippen LogP contribution in [-0.4, -0.2) is 20.8 Å². The Kier molecular flexibility index (Phi) is 1.80. The van der Waals surface area contributed by atoms with Crippen LogP contribution in [0.2, 0.25) is 0 Å². The van der Waals surface area contributed by atoms with Gasteiger partial charge in [0.1, 0.15) is 5.69 Å². The minimum atomic E-state index is -0.0419. The zero-order valence-corrected chi connectivity index (χ0v) is 6.03. The van der Waals surface area contributed by atoms with E-state index in [0.29, 0.717) is 12.2 Å². The number of nitrogens with zero attached hydrogens (tertiary/aromatic N) is 3. The van der Waals surface area contributed by atoms with Gasteiger partial charge in [0, 0.05) is 6.92 Å². The molecule has 0 atom stereocenters. The quantitative estimate of drug-likeness (QED) is 0.560. The van der Waals surface area contributed by atoms with Gasteiger partial charge in [-0.3, -0.25) is 4.79 Å². The molecule has 0 aliphatic carbocycles. The van der Waals surface area contributed by atoms with Crippen molar-refractivity contribution in [3.63, 3.8) is 0 Å². The topological polar surface area (TPSA) is 47.8 Å². The molecule has 1 rings (SSSR count). The fourth-order valence-corrected chi connectivity index (χ4v) is 0.611. The molecule has 0 amide bonds. The molecule has 0 fully saturated rings. The summed E-state index contributed by atoms with van der Waals surface area (Å²) in [5, 5.41) is 7.72. The summed E-state index contributed by atoms with van der Waals surface area (Å²) >= 11 is 0. The average Bonchev–Trinajstić information content (AvgIpc) is 2.34. The summed E-state index contributed by atoms with van der Waals surface area (Å²) in [7, 11) is 0. The second-order valence-corrected chi connectivity index (χ2v) is 1.97. The summed E-state index contributed by atoms with van der Waals surface area (Å²) < 4.78 is 0. The molecule has 0 radical (unpaired) electrons. The van der Waals surface area contributed by atoms with E-state index in [-0.39, 0.29) is 5.78 Å². The Hall–Kier alpha value is -1.19. The van der Waals surface area contributed by atoms with Crippen molar-refractivity contribution in [1.82, 2.24) is 15.0 Å². The van der Waals surface area contributed by atoms with Crippen molar-refractivity contribution in [2.45, 2.75) is 20.4 Å². The number of hydrogen-bond donors (Lipinski definition) is 0. The lowest BCUT2D eigenvalue weighted by Crippen LogP contribution is -2.00. The van der Waals surface area contributed by atoms with E-state index in [4.69, 9.17) is 0 Å². The fourth-order valence-electron chi connectivity index (χ4n) is 0.611. The summed E-state index contributed by atoms with van der Waals surface area (Å²) in [6.07, 6.45) is 1.48. The first kappa shape index (κ1) is 6.92. The molecule has 0 aromatic carbocycles. The molecular weight excluding hydrogens is 130 g/mol. The first-order chi connectivity index (χ1) is 4.74. The normalized spacial score (nSPS) is 9.80. The molecule has 1 aromatic rings. The molecule has 0 unspecified atom stereocenters. The SMILES string of the molecule is CCn1ncc(C(C)=O)n1. The number of aromatic nitrogens is 3. The summed E-state index contributed by atoms with van der Waals surface area (Å²) in [6.45, 7) is 4.10. The molecule has 10 heavy (non-hydrogen) atoms. The molecule has 1 aromatic heterocycles. The van der Waals surface area contributed by atoms with Crippen LogP contribution < -0.4 is 0 Å². The van der Waals surface area contributed by atoms with Crippen LogP contribution in [0.4, 0.5) is 0 Å². The number of Topliss-reactive ketones (excluding diaryl/α,β-unsaturated/α-hetero) is 1. The van der Waals surface area contributed by atoms with E-state index in [1.54, 1.807) is 0 Å². The fraction of sp³-hybridized carbons (Fsp3) is 0.500. The molecule has 0 spiro atoms. The maximum atomic E-state index is 10.7. The van der Waals surface area contributed by atoms with Gasteiger partial charge in [0.15, 0.2) is 5.78 Å². The third-order valence-corrected chi connectivity index (χ3v) is 1.18. The zero-order valence-electron chi connectivity index (χ0n) is 6.03. The molecule has 0 saturated heterocycles. The van der Waals surface area contributed by atoms with Gasteiger partial charge in [-0.05, 0) is 6.92 Å². The molecule has 0 N–H and O–H groups in total. The second-order valence-electron chi connectivity index (χ2n) is 1.97. The van der Waals surface area contributed by atoms with Crippen molar-refractivity contribution < 1.29 is 4.79 Å². The Morgan fingerprint density at radius 2 is 2.50 bits per heavy atom. The van der Waals surface area contributed by atoms with Crippen LogP contribution in [-0.2, 0) is 6.54 Å². The Bertz CT molecular complexity index is 241. The van der Waals surface area contributed by atoms with Gasteiger partial charge in [0.05, 0.1) is 12.7 Å². The second kappa shape index (κ2) is 2.60. The smallest absolute Gasteiger partial charge is 0.181 e. The van der Waals surface area contributed by atoms with Crippen LogP contribution in [0.3, 0.4) is 0 Å². The Morgan fingerprint density at radius 1 is 1.80 bits per heavy atom. The lowest BCUT2D eigenvalue weighted by atomic mass is 10.3. The maximum Gasteiger partial charge on any atom is 0.181 e. The van der Waals surface area contributed by atoms with Crippen LogP contribution in [0.1, 0.15) is 24.3 Å². The van der Waals surface area contributed by atoms with Gasteiger partial charge in [-0.1, -0.05) is 0 Å². The molecule has 0 bridgehead atoms. The van der Waals surface area contributed by atoms with Crippen LogP contribution in [0.25, 0.3) is 0 Å². The minimum Gasteiger partial charge on any atom is -0.293 e. The summed E-state index contributed by atoms with van der Waals surface area (Å²) in [6, 6.07) is 0. The van der Waals surface area contributed by atoms with E-state index in [2.05, 4.69) is 10.2 Å². The predicted octanol–water partition coefficient (Wildman–Crippen LogP) is 0.501. The number of hydrogen-bond acceptors (Lipinski definition) is 3. The van der Waals surface area contributed by atoms with E-state index in [0.717, 1.165) is 0 Å². The van der Waals surface area contributed by atoms with Gasteiger partial charge < -0.3 is 0 Å². The van der Waals surface area contributed by atoms with Gasteiger partial charge in [0.25, 0.3) is 0 Å². The van der Waals surface area contributed by atoms with Crippen LogP contribution in [0.15, 0.2) is 6.20 Å². The molecule has 0 aliphatic heterocycles. The third kappa shape index (κ3) is 1.21. The highest BCUT2D eigenvalue weighted by molar-refractivity contribution is 5.91. The first-order valence-corrected chi connectivity index (χ1v) is 3.15. The van der Waals surface area contributed by atoms with E-state index < -0.39 is 0 Å². The van der Waals surface area contributed by atoms with Crippen molar-refractivity contribution in [3.05, 3.63) is 11.9 Å². The summed E-state index contributed by atoms with van der Waals surface area (Å²) in [5.74, 6) is -0.0419. The standard InChI is InChI=1S/C6H9N3O/c1-3-9-7-4-6(8-9)5(2)10/h4H,3H2,1-2H3. The first-order valence-electron chi connectivity index (χ1n) is 3.15. The number of ketones is 1. The van der Waals surface area contributed by atoms with Crippen LogP contribution in [0, 0.1) is 0 Å². The monoisotopic (exact) mass is 139 g/mol. The average molecular weight is 139 g/mol. The largest absolute Gasteiger partial charge is 0.293 e. The Morgan fingerprint density at radius 3 is 2.80 bits per heavy atom. The Balaban J connectivity index is 2.88. The number of carbonyl (C=O) groups excluding carboxylic acids is 1. The van der Waals surface area contributed by atoms with Gasteiger partial charge >= 0.3 is 0 Å². The highest BCUT2D eigenvalue weighted by Crippen LogP contribution is 1.91. The number of aryl methyl sites for hydroxylation is 1. The third-order valence-electron chi connectivity index (χ3n) is 1.18. The van der Waals surface area contributed by atoms with Crippen molar-refractivity contribution in [2.24, 2.45) is 0 Å². The van der Waals surface area contributed by atoms with Gasteiger partial charge in [-0.25, -0.2) is 0 Å². The highest BCUT2D eigenvalue weighted by Gasteiger charge is 2.02. The molecule has 0 saturated carbocycles. The maximum absolute atomic E-state index is 10.7. The molecule has 0 aliphatic rings. The molecule has 1 heterocycles. The zero-order chi connectivity index (χ0) is 7.56. The van der Waals surface area contributed by atoms with E-state index in [1.165, 1.54) is 17.9 Å². The van der Waals surface area contributed by atoms with Crippen LogP contribution >= 0.6 is 0 Å². The molecular formula is C6H9N3O. The molecule has 54 valence electrons. The number of rotatable bonds is 2. The minimum absolute atomic E-state index is 0.0419. The lowest BCUT2D eigenvalue weighted by molar-refractivity contribution is 0.101. The predicted molar refractivity (Wildman–Crippen MR) is 35.7 cm³/mol. The summed E-state index contributed by atoms with van der Waals surface area (Å²) in [5.41, 5.74) is 0.432. The summed E-state index contributed by atoms with van der Waals surface area (Å²) in [4.78, 5) is 12.1. The lowest BCUT2D eigenvalue weighted by Gasteiger charge is -1.87. The van der Waals surface area contributed by atoms with Crippen molar-refractivity contribution >= 4 is 5.78 Å². The van der Waals surface area contributed by atoms with Crippen molar-refractivity contribution in [2.75, 3.05) is 0 Å². The van der Waals surface area contributed by atoms with E-state index in [1.807, 2.05) is 6.92 Å². The van der Waals surface area contributed by atoms with E-state index in [9.17, 15) is 4.79 Å². The molecule has 4 heteroatoms. The van der Waals surface area contributed by atoms with Gasteiger partial charge in [-0.15, -0.1) is 0 Å². The van der Waals surface area contributed by atoms with Gasteiger partial charge in [-0.2, -0.15) is 15.0 Å². The van der Waals surface area contributed by atoms with E-state index >= 15 is 0 Å². The van der Waals surface area contributed by atoms with Crippen LogP contribution in [0.5, 0.6) is 0 Å². The number of carbonyl (C=O) groups is 1. The molecule has 4 nitrogen and oxygen atoms in total. The van der Waals surface area contributed by atoms with Crippen molar-refractivity contribution in [1.29, 1.82) is 0 Å². The Labute approximate surface area is 58.8 Å². The van der Waals surface area contributed by atoms with Gasteiger partial charge in [0.2, 0.25) is 0 Å². The highest BCUT2D eigenvalue weighted by atomic mass is 16.1.